The molecule has 27 heavy (non-hydrogen) atoms. The van der Waals surface area contributed by atoms with Gasteiger partial charge in [-0.3, -0.25) is 9.59 Å². The van der Waals surface area contributed by atoms with Gasteiger partial charge < -0.3 is 19.5 Å². The van der Waals surface area contributed by atoms with Gasteiger partial charge in [-0.1, -0.05) is 6.07 Å². The lowest BCUT2D eigenvalue weighted by molar-refractivity contribution is 0.200. The van der Waals surface area contributed by atoms with Crippen LogP contribution in [0, 0.1) is 0 Å². The number of rotatable bonds is 5. The summed E-state index contributed by atoms with van der Waals surface area (Å²) in [5, 5.41) is 9.65. The smallest absolute Gasteiger partial charge is 0.271 e. The third-order valence-corrected chi connectivity index (χ3v) is 5.93. The van der Waals surface area contributed by atoms with Crippen molar-refractivity contribution in [3.8, 4) is 17.2 Å². The molecule has 144 valence electrons. The number of benzene rings is 1. The Balaban J connectivity index is 1.46. The average molecular weight is 371 g/mol. The van der Waals surface area contributed by atoms with Gasteiger partial charge in [0, 0.05) is 13.1 Å². The average Bonchev–Trinajstić information content (AvgIpc) is 3.21. The van der Waals surface area contributed by atoms with Crippen molar-refractivity contribution in [1.82, 2.24) is 0 Å². The van der Waals surface area contributed by atoms with Crippen LogP contribution in [-0.2, 0) is 0 Å². The van der Waals surface area contributed by atoms with E-state index in [1.165, 1.54) is 18.4 Å². The number of hydrogen-bond donors (Lipinski definition) is 1. The van der Waals surface area contributed by atoms with E-state index in [1.807, 2.05) is 11.0 Å². The van der Waals surface area contributed by atoms with E-state index in [-0.39, 0.29) is 17.5 Å². The van der Waals surface area contributed by atoms with Crippen molar-refractivity contribution in [3.63, 3.8) is 0 Å². The minimum atomic E-state index is -0.768. The van der Waals surface area contributed by atoms with Gasteiger partial charge in [-0.15, -0.1) is 0 Å². The van der Waals surface area contributed by atoms with Crippen LogP contribution in [0.2, 0.25) is 0 Å². The molecule has 0 radical (unpaired) electrons. The van der Waals surface area contributed by atoms with E-state index in [2.05, 4.69) is 12.1 Å². The first-order chi connectivity index (χ1) is 13.1. The number of hydrogen-bond acceptors (Lipinski definition) is 6. The second kappa shape index (κ2) is 7.25. The second-order valence-electron chi connectivity index (χ2n) is 7.55. The molecular weight excluding hydrogens is 346 g/mol. The van der Waals surface area contributed by atoms with E-state index in [0.29, 0.717) is 19.0 Å². The van der Waals surface area contributed by atoms with Gasteiger partial charge in [0.25, 0.3) is 10.9 Å². The maximum atomic E-state index is 11.7. The number of aromatic hydroxyl groups is 1. The number of methoxy groups -OCH3 is 1. The Morgan fingerprint density at radius 3 is 2.33 bits per heavy atom. The molecule has 0 bridgehead atoms. The van der Waals surface area contributed by atoms with Gasteiger partial charge in [-0.2, -0.15) is 0 Å². The van der Waals surface area contributed by atoms with E-state index in [1.54, 1.807) is 7.11 Å². The predicted octanol–water partition coefficient (Wildman–Crippen LogP) is 2.70. The Kier molecular flexibility index (Phi) is 4.81. The maximum absolute atomic E-state index is 11.7. The quantitative estimate of drug-likeness (QED) is 0.815. The maximum Gasteiger partial charge on any atom is 0.271 e. The second-order valence-corrected chi connectivity index (χ2v) is 7.55. The number of nitrogens with zero attached hydrogens (tertiary/aromatic N) is 1. The fraction of sp³-hybridized carbons (Fsp3) is 0.524. The van der Waals surface area contributed by atoms with Crippen molar-refractivity contribution in [2.75, 3.05) is 25.1 Å². The van der Waals surface area contributed by atoms with Crippen molar-refractivity contribution in [2.45, 2.75) is 50.5 Å². The van der Waals surface area contributed by atoms with Crippen molar-refractivity contribution < 1.29 is 14.6 Å². The molecule has 0 aromatic heterocycles. The SMILES string of the molecule is COc1ccc(C2CCN(c3c(O)c(=O)c3=O)CC2)cc1OC1CCCC1. The number of anilines is 1. The molecule has 6 nitrogen and oxygen atoms in total. The molecule has 1 N–H and O–H groups in total. The van der Waals surface area contributed by atoms with Crippen LogP contribution in [0.5, 0.6) is 17.2 Å². The normalized spacial score (nSPS) is 18.9. The first kappa shape index (κ1) is 17.9. The first-order valence-electron chi connectivity index (χ1n) is 9.70. The molecular formula is C21H25NO5. The fourth-order valence-electron chi connectivity index (χ4n) is 4.32. The number of piperidine rings is 1. The Labute approximate surface area is 158 Å². The molecule has 1 aliphatic heterocycles. The Morgan fingerprint density at radius 1 is 1.00 bits per heavy atom. The third kappa shape index (κ3) is 3.29. The van der Waals surface area contributed by atoms with E-state index < -0.39 is 10.9 Å². The molecule has 0 spiro atoms. The summed E-state index contributed by atoms with van der Waals surface area (Å²) in [5.41, 5.74) is 0.0646. The van der Waals surface area contributed by atoms with Crippen molar-refractivity contribution in [1.29, 1.82) is 0 Å². The zero-order chi connectivity index (χ0) is 19.0. The fourth-order valence-corrected chi connectivity index (χ4v) is 4.32. The minimum absolute atomic E-state index is 0.193. The van der Waals surface area contributed by atoms with Gasteiger partial charge in [0.1, 0.15) is 5.69 Å². The predicted molar refractivity (Wildman–Crippen MR) is 103 cm³/mol. The summed E-state index contributed by atoms with van der Waals surface area (Å²) in [6.07, 6.45) is 6.60. The highest BCUT2D eigenvalue weighted by atomic mass is 16.5. The van der Waals surface area contributed by atoms with Crippen LogP contribution in [0.15, 0.2) is 27.8 Å². The molecule has 1 heterocycles. The zero-order valence-corrected chi connectivity index (χ0v) is 15.6. The molecule has 4 rings (SSSR count). The number of ether oxygens (including phenoxy) is 2. The first-order valence-corrected chi connectivity index (χ1v) is 9.70. The van der Waals surface area contributed by atoms with Crippen molar-refractivity contribution in [3.05, 3.63) is 44.2 Å². The van der Waals surface area contributed by atoms with Crippen LogP contribution in [-0.4, -0.2) is 31.4 Å². The van der Waals surface area contributed by atoms with Gasteiger partial charge in [-0.25, -0.2) is 0 Å². The molecule has 1 aliphatic carbocycles. The summed E-state index contributed by atoms with van der Waals surface area (Å²) in [5.74, 6) is 1.54. The highest BCUT2D eigenvalue weighted by Crippen LogP contribution is 2.38. The molecule has 6 heteroatoms. The third-order valence-electron chi connectivity index (χ3n) is 5.93. The van der Waals surface area contributed by atoms with Crippen LogP contribution in [0.1, 0.15) is 50.0 Å². The lowest BCUT2D eigenvalue weighted by Gasteiger charge is -2.34. The summed E-state index contributed by atoms with van der Waals surface area (Å²) in [6, 6.07) is 6.14. The van der Waals surface area contributed by atoms with E-state index >= 15 is 0 Å². The van der Waals surface area contributed by atoms with Crippen LogP contribution in [0.4, 0.5) is 5.69 Å². The lowest BCUT2D eigenvalue weighted by atomic mass is 9.88. The molecule has 0 atom stereocenters. The van der Waals surface area contributed by atoms with E-state index in [9.17, 15) is 14.7 Å². The molecule has 2 aromatic rings. The summed E-state index contributed by atoms with van der Waals surface area (Å²) in [4.78, 5) is 24.7. The molecule has 2 aliphatic rings. The minimum Gasteiger partial charge on any atom is -0.502 e. The van der Waals surface area contributed by atoms with Crippen LogP contribution < -0.4 is 25.2 Å². The van der Waals surface area contributed by atoms with Crippen LogP contribution >= 0.6 is 0 Å². The van der Waals surface area contributed by atoms with Crippen LogP contribution in [0.3, 0.4) is 0 Å². The van der Waals surface area contributed by atoms with E-state index in [4.69, 9.17) is 9.47 Å². The molecule has 0 amide bonds. The van der Waals surface area contributed by atoms with Crippen LogP contribution in [0.25, 0.3) is 0 Å². The van der Waals surface area contributed by atoms with Gasteiger partial charge in [-0.05, 0) is 62.1 Å². The molecule has 2 aromatic carbocycles. The summed E-state index contributed by atoms with van der Waals surface area (Å²) in [6.45, 7) is 1.29. The van der Waals surface area contributed by atoms with E-state index in [0.717, 1.165) is 37.2 Å². The molecule has 1 saturated heterocycles. The lowest BCUT2D eigenvalue weighted by Crippen LogP contribution is -2.43. The monoisotopic (exact) mass is 371 g/mol. The van der Waals surface area contributed by atoms with Gasteiger partial charge in [0.05, 0.1) is 13.2 Å². The summed E-state index contributed by atoms with van der Waals surface area (Å²) < 4.78 is 11.7. The highest BCUT2D eigenvalue weighted by molar-refractivity contribution is 5.63. The zero-order valence-electron chi connectivity index (χ0n) is 15.6. The largest absolute Gasteiger partial charge is 0.502 e. The Hall–Kier alpha value is -2.50. The van der Waals surface area contributed by atoms with Gasteiger partial charge in [0.15, 0.2) is 17.2 Å². The van der Waals surface area contributed by atoms with Crippen molar-refractivity contribution >= 4 is 5.69 Å². The van der Waals surface area contributed by atoms with Crippen molar-refractivity contribution in [2.24, 2.45) is 0 Å². The standard InChI is InChI=1S/C21H25NO5/c1-26-16-7-6-14(12-17(16)27-15-4-2-3-5-15)13-8-10-22(11-9-13)18-19(23)21(25)20(18)24/h6-7,12-13,15,23H,2-5,8-11H2,1H3. The van der Waals surface area contributed by atoms with Gasteiger partial charge >= 0.3 is 0 Å². The van der Waals surface area contributed by atoms with Gasteiger partial charge in [0.2, 0.25) is 0 Å². The molecule has 1 saturated carbocycles. The Bertz CT molecular complexity index is 885. The topological polar surface area (TPSA) is 76.1 Å². The highest BCUT2D eigenvalue weighted by Gasteiger charge is 2.30. The molecule has 0 unspecified atom stereocenters. The summed E-state index contributed by atoms with van der Waals surface area (Å²) >= 11 is 0. The summed E-state index contributed by atoms with van der Waals surface area (Å²) in [7, 11) is 1.66. The Morgan fingerprint density at radius 2 is 1.70 bits per heavy atom. The molecule has 2 fully saturated rings.